The van der Waals surface area contributed by atoms with E-state index in [0.717, 1.165) is 0 Å². The van der Waals surface area contributed by atoms with Gasteiger partial charge in [-0.25, -0.2) is 0 Å². The van der Waals surface area contributed by atoms with E-state index in [9.17, 15) is 14.4 Å². The molecular formula is C13H12BrNO3. The lowest BCUT2D eigenvalue weighted by Gasteiger charge is -2.23. The van der Waals surface area contributed by atoms with Gasteiger partial charge in [0.1, 0.15) is 0 Å². The van der Waals surface area contributed by atoms with Crippen LogP contribution in [0.15, 0.2) is 22.7 Å². The third kappa shape index (κ3) is 1.79. The lowest BCUT2D eigenvalue weighted by atomic mass is 10.1. The standard InChI is InChI=1S/C13H12BrNO3/c1-3-10(16)7(2)15-9-6-4-5-8(14)11(9)12(17)13(15)18/h4-7H,3H2,1-2H3. The molecule has 0 bridgehead atoms. The highest BCUT2D eigenvalue weighted by Gasteiger charge is 2.41. The van der Waals surface area contributed by atoms with Crippen molar-refractivity contribution in [2.45, 2.75) is 26.3 Å². The molecule has 4 nitrogen and oxygen atoms in total. The Labute approximate surface area is 113 Å². The average molecular weight is 310 g/mol. The smallest absolute Gasteiger partial charge is 0.297 e. The van der Waals surface area contributed by atoms with E-state index in [1.165, 1.54) is 4.90 Å². The lowest BCUT2D eigenvalue weighted by molar-refractivity contribution is -0.122. The van der Waals surface area contributed by atoms with Crippen molar-refractivity contribution in [1.29, 1.82) is 0 Å². The third-order valence-corrected chi connectivity index (χ3v) is 3.75. The van der Waals surface area contributed by atoms with Crippen LogP contribution in [0.3, 0.4) is 0 Å². The number of hydrogen-bond acceptors (Lipinski definition) is 3. The molecule has 0 aromatic heterocycles. The average Bonchev–Trinajstić information content (AvgIpc) is 2.61. The minimum Gasteiger partial charge on any atom is -0.297 e. The van der Waals surface area contributed by atoms with E-state index in [-0.39, 0.29) is 5.78 Å². The molecule has 1 heterocycles. The molecule has 94 valence electrons. The molecule has 0 saturated heterocycles. The van der Waals surface area contributed by atoms with E-state index < -0.39 is 17.7 Å². The molecule has 1 unspecified atom stereocenters. The van der Waals surface area contributed by atoms with Crippen LogP contribution in [0.2, 0.25) is 0 Å². The molecule has 1 atom stereocenters. The van der Waals surface area contributed by atoms with Crippen LogP contribution in [0, 0.1) is 0 Å². The van der Waals surface area contributed by atoms with Crippen molar-refractivity contribution in [3.05, 3.63) is 28.2 Å². The monoisotopic (exact) mass is 309 g/mol. The number of fused-ring (bicyclic) bond motifs is 1. The minimum absolute atomic E-state index is 0.0658. The highest BCUT2D eigenvalue weighted by atomic mass is 79.9. The molecule has 0 aliphatic carbocycles. The molecule has 0 N–H and O–H groups in total. The number of ketones is 2. The normalized spacial score (nSPS) is 15.8. The molecule has 18 heavy (non-hydrogen) atoms. The molecule has 0 fully saturated rings. The Balaban J connectivity index is 2.53. The number of nitrogens with zero attached hydrogens (tertiary/aromatic N) is 1. The van der Waals surface area contributed by atoms with Crippen LogP contribution >= 0.6 is 15.9 Å². The number of halogens is 1. The zero-order valence-electron chi connectivity index (χ0n) is 10.1. The van der Waals surface area contributed by atoms with E-state index in [4.69, 9.17) is 0 Å². The molecule has 1 aromatic carbocycles. The SMILES string of the molecule is CCC(=O)C(C)N1C(=O)C(=O)c2c(Br)cccc21. The molecule has 1 aliphatic heterocycles. The van der Waals surface area contributed by atoms with Crippen molar-refractivity contribution in [3.63, 3.8) is 0 Å². The maximum Gasteiger partial charge on any atom is 0.300 e. The molecule has 0 radical (unpaired) electrons. The van der Waals surface area contributed by atoms with Crippen molar-refractivity contribution < 1.29 is 14.4 Å². The number of rotatable bonds is 3. The summed E-state index contributed by atoms with van der Waals surface area (Å²) in [6.45, 7) is 3.38. The van der Waals surface area contributed by atoms with Crippen molar-refractivity contribution in [3.8, 4) is 0 Å². The maximum atomic E-state index is 12.0. The van der Waals surface area contributed by atoms with Crippen molar-refractivity contribution in [1.82, 2.24) is 0 Å². The molecule has 1 aliphatic rings. The summed E-state index contributed by atoms with van der Waals surface area (Å²) < 4.78 is 0.581. The van der Waals surface area contributed by atoms with Crippen LogP contribution in [-0.2, 0) is 9.59 Å². The first-order chi connectivity index (χ1) is 8.49. The largest absolute Gasteiger partial charge is 0.300 e. The molecular weight excluding hydrogens is 298 g/mol. The summed E-state index contributed by atoms with van der Waals surface area (Å²) in [4.78, 5) is 36.9. The third-order valence-electron chi connectivity index (χ3n) is 3.09. The molecule has 5 heteroatoms. The highest BCUT2D eigenvalue weighted by molar-refractivity contribution is 9.10. The second-order valence-corrected chi connectivity index (χ2v) is 4.99. The topological polar surface area (TPSA) is 54.5 Å². The second kappa shape index (κ2) is 4.65. The zero-order chi connectivity index (χ0) is 13.4. The number of Topliss-reactive ketones (excluding diaryl/α,β-unsaturated/α-hetero) is 2. The van der Waals surface area contributed by atoms with Gasteiger partial charge in [-0.3, -0.25) is 19.3 Å². The van der Waals surface area contributed by atoms with Gasteiger partial charge < -0.3 is 0 Å². The van der Waals surface area contributed by atoms with Crippen LogP contribution in [0.4, 0.5) is 5.69 Å². The van der Waals surface area contributed by atoms with Crippen molar-refractivity contribution >= 4 is 39.1 Å². The van der Waals surface area contributed by atoms with Crippen LogP contribution in [0.1, 0.15) is 30.6 Å². The second-order valence-electron chi connectivity index (χ2n) is 4.13. The van der Waals surface area contributed by atoms with E-state index in [1.54, 1.807) is 32.0 Å². The first-order valence-electron chi connectivity index (χ1n) is 5.68. The first-order valence-corrected chi connectivity index (χ1v) is 6.47. The fourth-order valence-corrected chi connectivity index (χ4v) is 2.62. The predicted octanol–water partition coefficient (Wildman–Crippen LogP) is 2.35. The minimum atomic E-state index is -0.633. The fraction of sp³-hybridized carbons (Fsp3) is 0.308. The summed E-state index contributed by atoms with van der Waals surface area (Å²) in [5.74, 6) is -1.26. The Morgan fingerprint density at radius 3 is 2.67 bits per heavy atom. The Morgan fingerprint density at radius 2 is 2.06 bits per heavy atom. The van der Waals surface area contributed by atoms with Crippen LogP contribution in [0.5, 0.6) is 0 Å². The first kappa shape index (κ1) is 13.0. The van der Waals surface area contributed by atoms with Gasteiger partial charge in [-0.2, -0.15) is 0 Å². The van der Waals surface area contributed by atoms with Crippen molar-refractivity contribution in [2.24, 2.45) is 0 Å². The Kier molecular flexibility index (Phi) is 3.34. The van der Waals surface area contributed by atoms with Gasteiger partial charge in [0.15, 0.2) is 5.78 Å². The maximum absolute atomic E-state index is 12.0. The van der Waals surface area contributed by atoms with Crippen molar-refractivity contribution in [2.75, 3.05) is 4.90 Å². The highest BCUT2D eigenvalue weighted by Crippen LogP contribution is 2.35. The Hall–Kier alpha value is -1.49. The number of amides is 1. The quantitative estimate of drug-likeness (QED) is 0.805. The number of hydrogen-bond donors (Lipinski definition) is 0. The Morgan fingerprint density at radius 1 is 1.39 bits per heavy atom. The summed E-state index contributed by atoms with van der Waals surface area (Å²) in [6.07, 6.45) is 0.336. The fourth-order valence-electron chi connectivity index (χ4n) is 2.09. The van der Waals surface area contributed by atoms with Gasteiger partial charge in [0, 0.05) is 10.9 Å². The summed E-state index contributed by atoms with van der Waals surface area (Å²) >= 11 is 3.26. The van der Waals surface area contributed by atoms with Gasteiger partial charge in [-0.05, 0) is 35.0 Å². The number of carbonyl (C=O) groups is 3. The van der Waals surface area contributed by atoms with Gasteiger partial charge in [-0.15, -0.1) is 0 Å². The molecule has 1 amide bonds. The number of benzene rings is 1. The summed E-state index contributed by atoms with van der Waals surface area (Å²) in [5.41, 5.74) is 0.854. The van der Waals surface area contributed by atoms with Gasteiger partial charge in [0.25, 0.3) is 11.7 Å². The predicted molar refractivity (Wildman–Crippen MR) is 70.7 cm³/mol. The van der Waals surface area contributed by atoms with Crippen LogP contribution in [0.25, 0.3) is 0 Å². The van der Waals surface area contributed by atoms with Gasteiger partial charge >= 0.3 is 0 Å². The molecule has 0 saturated carbocycles. The van der Waals surface area contributed by atoms with Gasteiger partial charge in [-0.1, -0.05) is 13.0 Å². The lowest BCUT2D eigenvalue weighted by Crippen LogP contribution is -2.42. The molecule has 0 spiro atoms. The van der Waals surface area contributed by atoms with E-state index >= 15 is 0 Å². The van der Waals surface area contributed by atoms with Gasteiger partial charge in [0.2, 0.25) is 0 Å². The van der Waals surface area contributed by atoms with Crippen LogP contribution < -0.4 is 4.90 Å². The molecule has 1 aromatic rings. The Bertz CT molecular complexity index is 553. The zero-order valence-corrected chi connectivity index (χ0v) is 11.7. The van der Waals surface area contributed by atoms with Crippen LogP contribution in [-0.4, -0.2) is 23.5 Å². The molecule has 2 rings (SSSR count). The summed E-state index contributed by atoms with van der Waals surface area (Å²) in [7, 11) is 0. The van der Waals surface area contributed by atoms with Gasteiger partial charge in [0.05, 0.1) is 17.3 Å². The van der Waals surface area contributed by atoms with E-state index in [0.29, 0.717) is 22.1 Å². The number of anilines is 1. The van der Waals surface area contributed by atoms with E-state index in [1.807, 2.05) is 0 Å². The van der Waals surface area contributed by atoms with E-state index in [2.05, 4.69) is 15.9 Å². The summed E-state index contributed by atoms with van der Waals surface area (Å²) in [5, 5.41) is 0. The summed E-state index contributed by atoms with van der Waals surface area (Å²) in [6, 6.07) is 4.52. The number of carbonyl (C=O) groups excluding carboxylic acids is 3.